The number of allylic oxidation sites excluding steroid dienone is 1. The molecule has 0 spiro atoms. The number of ether oxygens (including phenoxy) is 1. The first-order valence-corrected chi connectivity index (χ1v) is 2.58. The fraction of sp³-hybridized carbons (Fsp3) is 0.714. The fourth-order valence-corrected chi connectivity index (χ4v) is 0.576. The smallest absolute Gasteiger partial charge is 0.119 e. The molecule has 3 atom stereocenters. The highest BCUT2D eigenvalue weighted by atomic mass is 16.5. The average Bonchev–Trinajstić information content (AvgIpc) is 2.21. The van der Waals surface area contributed by atoms with Gasteiger partial charge in [0.1, 0.15) is 2.82 Å². The van der Waals surface area contributed by atoms with Gasteiger partial charge in [0, 0.05) is 17.2 Å². The lowest BCUT2D eigenvalue weighted by molar-refractivity contribution is 0.0823. The van der Waals surface area contributed by atoms with E-state index in [1.807, 2.05) is 0 Å². The first kappa shape index (κ1) is 2.07. The molecule has 3 unspecified atom stereocenters. The van der Waals surface area contributed by atoms with E-state index in [0.717, 1.165) is 19.3 Å². The zero-order valence-electron chi connectivity index (χ0n) is 12.1. The molecule has 0 aliphatic heterocycles. The van der Waals surface area contributed by atoms with Crippen molar-refractivity contribution in [2.45, 2.75) is 24.9 Å². The third kappa shape index (κ3) is 1.53. The van der Waals surface area contributed by atoms with Gasteiger partial charge in [-0.1, -0.05) is 12.2 Å². The van der Waals surface area contributed by atoms with Gasteiger partial charge in [-0.3, -0.25) is 0 Å². The minimum Gasteiger partial charge on any atom is -0.379 e. The summed E-state index contributed by atoms with van der Waals surface area (Å²) in [5.41, 5.74) is -0.0935. The second-order valence-electron chi connectivity index (χ2n) is 1.59. The van der Waals surface area contributed by atoms with Gasteiger partial charge < -0.3 is 10.5 Å². The van der Waals surface area contributed by atoms with E-state index in [2.05, 4.69) is 0 Å². The van der Waals surface area contributed by atoms with Crippen LogP contribution < -0.4 is 5.72 Å². The first-order valence-electron chi connectivity index (χ1n) is 6.05. The van der Waals surface area contributed by atoms with Gasteiger partial charge in [-0.2, -0.15) is 0 Å². The van der Waals surface area contributed by atoms with Crippen molar-refractivity contribution < 1.29 is 14.4 Å². The summed E-state index contributed by atoms with van der Waals surface area (Å²) in [5.74, 6) is 0. The van der Waals surface area contributed by atoms with E-state index in [9.17, 15) is 0 Å². The van der Waals surface area contributed by atoms with E-state index in [0.29, 0.717) is 0 Å². The summed E-state index contributed by atoms with van der Waals surface area (Å²) in [6.07, 6.45) is -4.33. The van der Waals surface area contributed by atoms with E-state index in [1.165, 1.54) is 0 Å². The van der Waals surface area contributed by atoms with Crippen molar-refractivity contribution in [3.8, 4) is 0 Å². The summed E-state index contributed by atoms with van der Waals surface area (Å²) >= 11 is 0. The minimum absolute atomic E-state index is 0.0935. The van der Waals surface area contributed by atoms with E-state index < -0.39 is 24.9 Å². The van der Waals surface area contributed by atoms with Gasteiger partial charge in [0.2, 0.25) is 0 Å². The molecule has 0 bridgehead atoms. The molecule has 1 aliphatic rings. The average molecular weight is 134 g/mol. The zero-order valence-corrected chi connectivity index (χ0v) is 5.09. The summed E-state index contributed by atoms with van der Waals surface area (Å²) in [5, 5.41) is 0. The lowest BCUT2D eigenvalue weighted by Crippen LogP contribution is -2.35. The van der Waals surface area contributed by atoms with Crippen molar-refractivity contribution in [1.29, 1.82) is 0 Å². The normalized spacial score (nSPS) is 76.7. The molecule has 0 aromatic rings. The molecule has 0 aromatic heterocycles. The lowest BCUT2D eigenvalue weighted by Gasteiger charge is -2.22. The first-order chi connectivity index (χ1) is 7.13. The van der Waals surface area contributed by atoms with E-state index in [-0.39, 0.29) is 5.72 Å². The van der Waals surface area contributed by atoms with Crippen LogP contribution in [0, 0.1) is 0 Å². The number of methoxy groups -OCH3 is 1. The number of hydrogen-bond acceptors (Lipinski definition) is 2. The monoisotopic (exact) mass is 134 g/mol. The topological polar surface area (TPSA) is 35.2 Å². The Hall–Kier alpha value is -0.340. The molecule has 2 heteroatoms. The van der Waals surface area contributed by atoms with Gasteiger partial charge >= 0.3 is 0 Å². The second-order valence-corrected chi connectivity index (χ2v) is 1.59. The number of nitrogens with two attached hydrogens (primary N) is 1. The Balaban J connectivity index is 3.38. The van der Waals surface area contributed by atoms with Gasteiger partial charge in [0.25, 0.3) is 0 Å². The van der Waals surface area contributed by atoms with Crippen LogP contribution in [0.2, 0.25) is 2.82 Å². The highest BCUT2D eigenvalue weighted by molar-refractivity contribution is 5.00. The van der Waals surface area contributed by atoms with Crippen molar-refractivity contribution in [1.82, 2.24) is 0 Å². The molecule has 0 aromatic carbocycles. The molecule has 0 amide bonds. The highest BCUT2D eigenvalue weighted by Gasteiger charge is 2.15. The van der Waals surface area contributed by atoms with Crippen LogP contribution in [0.1, 0.15) is 19.6 Å². The predicted molar refractivity (Wildman–Crippen MR) is 37.1 cm³/mol. The van der Waals surface area contributed by atoms with E-state index >= 15 is 0 Å². The Kier molecular flexibility index (Phi) is 0.688. The van der Waals surface area contributed by atoms with Crippen LogP contribution in [0.3, 0.4) is 0 Å². The van der Waals surface area contributed by atoms with Gasteiger partial charge in [-0.15, -0.1) is 0 Å². The second kappa shape index (κ2) is 2.99. The Morgan fingerprint density at radius 2 is 3.00 bits per heavy atom. The predicted octanol–water partition coefficient (Wildman–Crippen LogP) is 0.679. The molecule has 0 saturated carbocycles. The Morgan fingerprint density at radius 1 is 2.11 bits per heavy atom. The summed E-state index contributed by atoms with van der Waals surface area (Å²) < 4.78 is 57.3. The number of rotatable bonds is 2. The molecule has 9 heavy (non-hydrogen) atoms. The molecule has 2 N–H and O–H groups in total. The Labute approximate surface area is 65.6 Å². The van der Waals surface area contributed by atoms with Crippen molar-refractivity contribution in [2.24, 2.45) is 5.72 Å². The van der Waals surface area contributed by atoms with Crippen LogP contribution in [0.25, 0.3) is 0 Å². The van der Waals surface area contributed by atoms with Gasteiger partial charge in [0.05, 0.1) is 8.82 Å². The molecular formula is C7H13NO. The minimum atomic E-state index is -2.51. The quantitative estimate of drug-likeness (QED) is 0.564. The van der Waals surface area contributed by atoms with Crippen LogP contribution in [-0.4, -0.2) is 19.2 Å². The molecule has 0 saturated heterocycles. The van der Waals surface area contributed by atoms with Gasteiger partial charge in [0.15, 0.2) is 0 Å². The Morgan fingerprint density at radius 3 is 3.67 bits per heavy atom. The SMILES string of the molecule is [2H]C1C=CC([2H])(N([2H])[2H])C([2H])(OC)C1([2H])[2H]. The van der Waals surface area contributed by atoms with Gasteiger partial charge in [-0.25, -0.2) is 0 Å². The van der Waals surface area contributed by atoms with Crippen molar-refractivity contribution >= 4 is 0 Å². The summed E-state index contributed by atoms with van der Waals surface area (Å²) in [6, 6.07) is -2.32. The van der Waals surface area contributed by atoms with Crippen LogP contribution in [0.5, 0.6) is 0 Å². The molecule has 2 nitrogen and oxygen atoms in total. The summed E-state index contributed by atoms with van der Waals surface area (Å²) in [4.78, 5) is 0. The molecule has 0 fully saturated rings. The van der Waals surface area contributed by atoms with Crippen LogP contribution in [0.4, 0.5) is 0 Å². The Bertz CT molecular complexity index is 309. The van der Waals surface area contributed by atoms with Gasteiger partial charge in [-0.05, 0) is 12.8 Å². The maximum absolute atomic E-state index is 7.85. The fourth-order valence-electron chi connectivity index (χ4n) is 0.576. The van der Waals surface area contributed by atoms with E-state index in [4.69, 9.17) is 14.4 Å². The van der Waals surface area contributed by atoms with Crippen LogP contribution in [0.15, 0.2) is 12.2 Å². The molecule has 0 heterocycles. The maximum atomic E-state index is 7.85. The molecular weight excluding hydrogens is 114 g/mol. The summed E-state index contributed by atoms with van der Waals surface area (Å²) in [6.45, 7) is 0. The third-order valence-electron chi connectivity index (χ3n) is 1.00. The zero-order chi connectivity index (χ0) is 12.8. The molecule has 0 radical (unpaired) electrons. The molecule has 1 aliphatic carbocycles. The van der Waals surface area contributed by atoms with Crippen LogP contribution >= 0.6 is 0 Å². The standard InChI is InChI=1S/C7H13NO/c1-9-7-5-3-2-4-6(7)8/h2,4,6-7H,3,5,8H2,1H3/i3D,5D2,6D,7D/hD2. The lowest BCUT2D eigenvalue weighted by atomic mass is 10.0. The maximum Gasteiger partial charge on any atom is 0.119 e. The van der Waals surface area contributed by atoms with Crippen molar-refractivity contribution in [2.75, 3.05) is 7.11 Å². The van der Waals surface area contributed by atoms with Crippen molar-refractivity contribution in [3.63, 3.8) is 0 Å². The van der Waals surface area contributed by atoms with Crippen LogP contribution in [-0.2, 0) is 4.74 Å². The largest absolute Gasteiger partial charge is 0.379 e. The van der Waals surface area contributed by atoms with E-state index in [1.54, 1.807) is 0 Å². The highest BCUT2D eigenvalue weighted by Crippen LogP contribution is 2.11. The molecule has 1 rings (SSSR count). The molecule has 52 valence electrons. The summed E-state index contributed by atoms with van der Waals surface area (Å²) in [7, 11) is 1.03. The number of hydrogen-bond donors (Lipinski definition) is 1. The van der Waals surface area contributed by atoms with Crippen molar-refractivity contribution in [3.05, 3.63) is 12.2 Å². The third-order valence-corrected chi connectivity index (χ3v) is 1.00.